The predicted molar refractivity (Wildman–Crippen MR) is 55.2 cm³/mol. The smallest absolute Gasteiger partial charge is 0.101 e. The van der Waals surface area contributed by atoms with Gasteiger partial charge < -0.3 is 9.84 Å². The van der Waals surface area contributed by atoms with Crippen LogP contribution in [0, 0.1) is 11.3 Å². The average molecular weight is 206 g/mol. The highest BCUT2D eigenvalue weighted by Gasteiger charge is 2.08. The Kier molecular flexibility index (Phi) is 4.75. The zero-order valence-corrected chi connectivity index (χ0v) is 8.68. The molecule has 1 aromatic heterocycles. The van der Waals surface area contributed by atoms with Gasteiger partial charge in [0.1, 0.15) is 6.07 Å². The fourth-order valence-corrected chi connectivity index (χ4v) is 1.32. The normalized spacial score (nSPS) is 12.1. The number of aliphatic hydroxyl groups excluding tert-OH is 1. The summed E-state index contributed by atoms with van der Waals surface area (Å²) in [6.07, 6.45) is 2.79. The summed E-state index contributed by atoms with van der Waals surface area (Å²) in [4.78, 5) is 4.13. The van der Waals surface area contributed by atoms with E-state index in [9.17, 15) is 0 Å². The summed E-state index contributed by atoms with van der Waals surface area (Å²) in [5.74, 6) is 0. The summed E-state index contributed by atoms with van der Waals surface area (Å²) in [6, 6.07) is 5.57. The molecule has 0 aromatic carbocycles. The van der Waals surface area contributed by atoms with E-state index in [2.05, 4.69) is 11.1 Å². The van der Waals surface area contributed by atoms with Gasteiger partial charge in [-0.25, -0.2) is 0 Å². The molecule has 15 heavy (non-hydrogen) atoms. The lowest BCUT2D eigenvalue weighted by Gasteiger charge is -2.11. The molecule has 1 heterocycles. The Balaban J connectivity index is 2.61. The van der Waals surface area contributed by atoms with Gasteiger partial charge in [-0.1, -0.05) is 0 Å². The molecule has 1 rings (SSSR count). The van der Waals surface area contributed by atoms with E-state index in [0.717, 1.165) is 5.69 Å². The van der Waals surface area contributed by atoms with Crippen LogP contribution in [0.1, 0.15) is 17.7 Å². The van der Waals surface area contributed by atoms with Gasteiger partial charge in [0.2, 0.25) is 0 Å². The van der Waals surface area contributed by atoms with E-state index in [1.807, 2.05) is 0 Å². The third-order valence-corrected chi connectivity index (χ3v) is 2.25. The average Bonchev–Trinajstić information content (AvgIpc) is 2.31. The van der Waals surface area contributed by atoms with Gasteiger partial charge in [0.15, 0.2) is 0 Å². The van der Waals surface area contributed by atoms with Crippen LogP contribution in [0.5, 0.6) is 0 Å². The maximum absolute atomic E-state index is 8.92. The lowest BCUT2D eigenvalue weighted by atomic mass is 10.1. The van der Waals surface area contributed by atoms with Crippen LogP contribution in [-0.2, 0) is 11.2 Å². The second kappa shape index (κ2) is 6.12. The van der Waals surface area contributed by atoms with Gasteiger partial charge in [-0.05, 0) is 25.0 Å². The third-order valence-electron chi connectivity index (χ3n) is 2.25. The molecule has 0 aliphatic carbocycles. The van der Waals surface area contributed by atoms with Crippen LogP contribution < -0.4 is 0 Å². The van der Waals surface area contributed by atoms with Gasteiger partial charge in [0.05, 0.1) is 24.0 Å². The van der Waals surface area contributed by atoms with Crippen molar-refractivity contribution in [2.75, 3.05) is 13.7 Å². The number of hydrogen-bond donors (Lipinski definition) is 1. The molecular weight excluding hydrogens is 192 g/mol. The molecule has 0 bridgehead atoms. The molecule has 0 amide bonds. The highest BCUT2D eigenvalue weighted by atomic mass is 16.5. The van der Waals surface area contributed by atoms with E-state index in [1.54, 1.807) is 25.4 Å². The molecular formula is C11H14N2O2. The summed E-state index contributed by atoms with van der Waals surface area (Å²) in [7, 11) is 1.56. The van der Waals surface area contributed by atoms with Crippen molar-refractivity contribution >= 4 is 0 Å². The highest BCUT2D eigenvalue weighted by Crippen LogP contribution is 2.09. The molecule has 1 unspecified atom stereocenters. The summed E-state index contributed by atoms with van der Waals surface area (Å²) in [5, 5.41) is 17.7. The van der Waals surface area contributed by atoms with Crippen LogP contribution >= 0.6 is 0 Å². The molecule has 1 N–H and O–H groups in total. The van der Waals surface area contributed by atoms with Crippen LogP contribution in [0.3, 0.4) is 0 Å². The number of aromatic nitrogens is 1. The Hall–Kier alpha value is -1.44. The molecule has 0 aliphatic heterocycles. The Morgan fingerprint density at radius 3 is 3.07 bits per heavy atom. The van der Waals surface area contributed by atoms with Crippen LogP contribution in [0.2, 0.25) is 0 Å². The molecule has 4 nitrogen and oxygen atoms in total. The Bertz CT molecular complexity index is 343. The van der Waals surface area contributed by atoms with Crippen LogP contribution in [-0.4, -0.2) is 29.9 Å². The van der Waals surface area contributed by atoms with E-state index >= 15 is 0 Å². The molecule has 4 heteroatoms. The topological polar surface area (TPSA) is 66.1 Å². The van der Waals surface area contributed by atoms with Gasteiger partial charge in [-0.2, -0.15) is 5.26 Å². The first-order valence-electron chi connectivity index (χ1n) is 4.79. The molecule has 0 saturated heterocycles. The van der Waals surface area contributed by atoms with E-state index < -0.39 is 0 Å². The Morgan fingerprint density at radius 2 is 2.47 bits per heavy atom. The number of rotatable bonds is 5. The first kappa shape index (κ1) is 11.6. The summed E-state index contributed by atoms with van der Waals surface area (Å²) in [6.45, 7) is -0.00871. The van der Waals surface area contributed by atoms with Crippen LogP contribution in [0.25, 0.3) is 0 Å². The SMILES string of the molecule is COC(CO)CCc1ncccc1C#N. The fourth-order valence-electron chi connectivity index (χ4n) is 1.32. The second-order valence-electron chi connectivity index (χ2n) is 3.19. The van der Waals surface area contributed by atoms with E-state index in [-0.39, 0.29) is 12.7 Å². The van der Waals surface area contributed by atoms with E-state index in [1.165, 1.54) is 0 Å². The zero-order valence-electron chi connectivity index (χ0n) is 8.68. The predicted octanol–water partition coefficient (Wildman–Crippen LogP) is 0.893. The molecule has 0 radical (unpaired) electrons. The number of methoxy groups -OCH3 is 1. The van der Waals surface area contributed by atoms with Crippen molar-refractivity contribution < 1.29 is 9.84 Å². The molecule has 1 atom stereocenters. The molecule has 0 spiro atoms. The number of pyridine rings is 1. The first-order valence-corrected chi connectivity index (χ1v) is 4.79. The lowest BCUT2D eigenvalue weighted by molar-refractivity contribution is 0.0433. The van der Waals surface area contributed by atoms with Gasteiger partial charge in [0.25, 0.3) is 0 Å². The van der Waals surface area contributed by atoms with E-state index in [0.29, 0.717) is 18.4 Å². The quantitative estimate of drug-likeness (QED) is 0.777. The number of aliphatic hydroxyl groups is 1. The van der Waals surface area contributed by atoms with Crippen molar-refractivity contribution in [1.82, 2.24) is 4.98 Å². The van der Waals surface area contributed by atoms with Crippen molar-refractivity contribution in [3.8, 4) is 6.07 Å². The number of hydrogen-bond acceptors (Lipinski definition) is 4. The first-order chi connectivity index (χ1) is 7.31. The monoisotopic (exact) mass is 206 g/mol. The Morgan fingerprint density at radius 1 is 1.67 bits per heavy atom. The maximum atomic E-state index is 8.92. The van der Waals surface area contributed by atoms with Crippen molar-refractivity contribution in [2.45, 2.75) is 18.9 Å². The number of nitriles is 1. The molecule has 80 valence electrons. The summed E-state index contributed by atoms with van der Waals surface area (Å²) < 4.78 is 5.03. The van der Waals surface area contributed by atoms with Gasteiger partial charge >= 0.3 is 0 Å². The Labute approximate surface area is 89.1 Å². The second-order valence-corrected chi connectivity index (χ2v) is 3.19. The van der Waals surface area contributed by atoms with Crippen molar-refractivity contribution in [3.05, 3.63) is 29.6 Å². The zero-order chi connectivity index (χ0) is 11.1. The maximum Gasteiger partial charge on any atom is 0.101 e. The standard InChI is InChI=1S/C11H14N2O2/c1-15-10(8-14)4-5-11-9(7-12)3-2-6-13-11/h2-3,6,10,14H,4-5,8H2,1H3. The van der Waals surface area contributed by atoms with Crippen LogP contribution in [0.4, 0.5) is 0 Å². The summed E-state index contributed by atoms with van der Waals surface area (Å²) in [5.41, 5.74) is 1.35. The summed E-state index contributed by atoms with van der Waals surface area (Å²) >= 11 is 0. The number of ether oxygens (including phenoxy) is 1. The fraction of sp³-hybridized carbons (Fsp3) is 0.455. The third kappa shape index (κ3) is 3.31. The lowest BCUT2D eigenvalue weighted by Crippen LogP contribution is -2.16. The van der Waals surface area contributed by atoms with Crippen molar-refractivity contribution in [3.63, 3.8) is 0 Å². The molecule has 0 fully saturated rings. The van der Waals surface area contributed by atoms with Gasteiger partial charge in [-0.15, -0.1) is 0 Å². The minimum absolute atomic E-state index is 0.00871. The number of aryl methyl sites for hydroxylation is 1. The van der Waals surface area contributed by atoms with E-state index in [4.69, 9.17) is 15.1 Å². The van der Waals surface area contributed by atoms with Gasteiger partial charge in [-0.3, -0.25) is 4.98 Å². The minimum Gasteiger partial charge on any atom is -0.394 e. The molecule has 0 saturated carbocycles. The largest absolute Gasteiger partial charge is 0.394 e. The number of nitrogens with zero attached hydrogens (tertiary/aromatic N) is 2. The minimum atomic E-state index is -0.182. The van der Waals surface area contributed by atoms with Crippen molar-refractivity contribution in [2.24, 2.45) is 0 Å². The van der Waals surface area contributed by atoms with Crippen LogP contribution in [0.15, 0.2) is 18.3 Å². The highest BCUT2D eigenvalue weighted by molar-refractivity contribution is 5.32. The van der Waals surface area contributed by atoms with Gasteiger partial charge in [0, 0.05) is 13.3 Å². The molecule has 1 aromatic rings. The molecule has 0 aliphatic rings. The van der Waals surface area contributed by atoms with Crippen molar-refractivity contribution in [1.29, 1.82) is 5.26 Å².